The van der Waals surface area contributed by atoms with E-state index in [2.05, 4.69) is 25.3 Å². The van der Waals surface area contributed by atoms with Crippen LogP contribution in [0.2, 0.25) is 0 Å². The van der Waals surface area contributed by atoms with E-state index in [-0.39, 0.29) is 0 Å². The van der Waals surface area contributed by atoms with E-state index >= 15 is 0 Å². The predicted molar refractivity (Wildman–Crippen MR) is 72.0 cm³/mol. The Labute approximate surface area is 103 Å². The van der Waals surface area contributed by atoms with Gasteiger partial charge in [0.2, 0.25) is 0 Å². The fourth-order valence-electron chi connectivity index (χ4n) is 3.09. The average Bonchev–Trinajstić information content (AvgIpc) is 2.68. The first-order valence-corrected chi connectivity index (χ1v) is 7.40. The van der Waals surface area contributed by atoms with Crippen LogP contribution in [0.15, 0.2) is 11.4 Å². The highest BCUT2D eigenvalue weighted by molar-refractivity contribution is 7.10. The SMILES string of the molecule is CCCC1CCC(N)C(c2ccsc2C)C1. The zero-order valence-electron chi connectivity index (χ0n) is 10.4. The molecular formula is C14H23NS. The predicted octanol–water partition coefficient (Wildman–Crippen LogP) is 4.07. The number of hydrogen-bond acceptors (Lipinski definition) is 2. The van der Waals surface area contributed by atoms with Crippen molar-refractivity contribution in [2.24, 2.45) is 11.7 Å². The molecule has 3 unspecified atom stereocenters. The Bertz CT molecular complexity index is 331. The van der Waals surface area contributed by atoms with Crippen LogP contribution in [-0.2, 0) is 0 Å². The van der Waals surface area contributed by atoms with Gasteiger partial charge in [-0.25, -0.2) is 0 Å². The molecule has 1 fully saturated rings. The highest BCUT2D eigenvalue weighted by Crippen LogP contribution is 2.39. The lowest BCUT2D eigenvalue weighted by molar-refractivity contribution is 0.274. The fourth-order valence-corrected chi connectivity index (χ4v) is 3.86. The summed E-state index contributed by atoms with van der Waals surface area (Å²) < 4.78 is 0. The molecule has 0 aromatic carbocycles. The smallest absolute Gasteiger partial charge is 0.0108 e. The van der Waals surface area contributed by atoms with Crippen LogP contribution in [0.4, 0.5) is 0 Å². The molecule has 1 nitrogen and oxygen atoms in total. The molecule has 0 amide bonds. The summed E-state index contributed by atoms with van der Waals surface area (Å²) in [6.07, 6.45) is 6.56. The average molecular weight is 237 g/mol. The molecule has 1 aliphatic carbocycles. The summed E-state index contributed by atoms with van der Waals surface area (Å²) in [7, 11) is 0. The summed E-state index contributed by atoms with van der Waals surface area (Å²) in [5, 5.41) is 2.21. The van der Waals surface area contributed by atoms with E-state index in [9.17, 15) is 0 Å². The van der Waals surface area contributed by atoms with Gasteiger partial charge in [0.1, 0.15) is 0 Å². The van der Waals surface area contributed by atoms with Crippen molar-refractivity contribution in [3.63, 3.8) is 0 Å². The van der Waals surface area contributed by atoms with Crippen LogP contribution >= 0.6 is 11.3 Å². The third kappa shape index (κ3) is 2.49. The number of nitrogens with two attached hydrogens (primary N) is 1. The van der Waals surface area contributed by atoms with Crippen molar-refractivity contribution in [3.05, 3.63) is 21.9 Å². The van der Waals surface area contributed by atoms with E-state index in [4.69, 9.17) is 5.73 Å². The highest BCUT2D eigenvalue weighted by atomic mass is 32.1. The van der Waals surface area contributed by atoms with Gasteiger partial charge in [0.05, 0.1) is 0 Å². The number of hydrogen-bond donors (Lipinski definition) is 1. The lowest BCUT2D eigenvalue weighted by atomic mass is 9.74. The van der Waals surface area contributed by atoms with Crippen molar-refractivity contribution in [3.8, 4) is 0 Å². The molecule has 0 bridgehead atoms. The molecule has 1 aromatic rings. The molecule has 1 saturated carbocycles. The molecule has 3 atom stereocenters. The third-order valence-electron chi connectivity index (χ3n) is 4.01. The van der Waals surface area contributed by atoms with Crippen LogP contribution in [0, 0.1) is 12.8 Å². The lowest BCUT2D eigenvalue weighted by Gasteiger charge is -2.34. The molecule has 1 aliphatic rings. The zero-order chi connectivity index (χ0) is 11.5. The minimum atomic E-state index is 0.390. The number of aryl methyl sites for hydroxylation is 1. The molecule has 0 aliphatic heterocycles. The van der Waals surface area contributed by atoms with Crippen LogP contribution in [-0.4, -0.2) is 6.04 Å². The van der Waals surface area contributed by atoms with Gasteiger partial charge in [0.25, 0.3) is 0 Å². The zero-order valence-corrected chi connectivity index (χ0v) is 11.2. The second-order valence-electron chi connectivity index (χ2n) is 5.17. The van der Waals surface area contributed by atoms with Crippen molar-refractivity contribution in [2.75, 3.05) is 0 Å². The molecule has 2 rings (SSSR count). The minimum Gasteiger partial charge on any atom is -0.327 e. The van der Waals surface area contributed by atoms with E-state index in [1.165, 1.54) is 42.5 Å². The van der Waals surface area contributed by atoms with Gasteiger partial charge in [-0.3, -0.25) is 0 Å². The minimum absolute atomic E-state index is 0.390. The second-order valence-corrected chi connectivity index (χ2v) is 6.29. The molecule has 16 heavy (non-hydrogen) atoms. The summed E-state index contributed by atoms with van der Waals surface area (Å²) in [5.74, 6) is 1.53. The molecule has 2 heteroatoms. The maximum atomic E-state index is 6.30. The number of rotatable bonds is 3. The quantitative estimate of drug-likeness (QED) is 0.842. The second kappa shape index (κ2) is 5.33. The Balaban J connectivity index is 2.10. The molecule has 0 spiro atoms. The Morgan fingerprint density at radius 1 is 1.44 bits per heavy atom. The normalized spacial score (nSPS) is 30.6. The van der Waals surface area contributed by atoms with Crippen LogP contribution in [0.25, 0.3) is 0 Å². The Kier molecular flexibility index (Phi) is 4.04. The first kappa shape index (κ1) is 12.1. The third-order valence-corrected chi connectivity index (χ3v) is 4.87. The van der Waals surface area contributed by atoms with Gasteiger partial charge >= 0.3 is 0 Å². The fraction of sp³-hybridized carbons (Fsp3) is 0.714. The molecule has 0 saturated heterocycles. The van der Waals surface area contributed by atoms with Gasteiger partial charge in [0, 0.05) is 16.8 Å². The van der Waals surface area contributed by atoms with Gasteiger partial charge in [-0.15, -0.1) is 11.3 Å². The maximum absolute atomic E-state index is 6.30. The molecule has 1 heterocycles. The molecule has 1 aromatic heterocycles. The first-order valence-electron chi connectivity index (χ1n) is 6.52. The van der Waals surface area contributed by atoms with Crippen molar-refractivity contribution in [1.29, 1.82) is 0 Å². The van der Waals surface area contributed by atoms with Crippen LogP contribution in [0.3, 0.4) is 0 Å². The van der Waals surface area contributed by atoms with E-state index in [1.54, 1.807) is 0 Å². The van der Waals surface area contributed by atoms with Crippen LogP contribution in [0.1, 0.15) is 55.4 Å². The number of thiophene rings is 1. The molecule has 90 valence electrons. The maximum Gasteiger partial charge on any atom is 0.0108 e. The Morgan fingerprint density at radius 3 is 2.88 bits per heavy atom. The van der Waals surface area contributed by atoms with E-state index in [1.807, 2.05) is 11.3 Å². The largest absolute Gasteiger partial charge is 0.327 e. The van der Waals surface area contributed by atoms with Crippen molar-refractivity contribution >= 4 is 11.3 Å². The van der Waals surface area contributed by atoms with Gasteiger partial charge in [-0.2, -0.15) is 0 Å². The van der Waals surface area contributed by atoms with Crippen LogP contribution in [0.5, 0.6) is 0 Å². The summed E-state index contributed by atoms with van der Waals surface area (Å²) in [5.41, 5.74) is 7.83. The van der Waals surface area contributed by atoms with Crippen LogP contribution < -0.4 is 5.73 Å². The molecule has 2 N–H and O–H groups in total. The van der Waals surface area contributed by atoms with Gasteiger partial charge in [-0.05, 0) is 49.1 Å². The summed E-state index contributed by atoms with van der Waals surface area (Å²) in [6, 6.07) is 2.68. The Hall–Kier alpha value is -0.340. The van der Waals surface area contributed by atoms with Gasteiger partial charge < -0.3 is 5.73 Å². The van der Waals surface area contributed by atoms with Crippen molar-refractivity contribution in [1.82, 2.24) is 0 Å². The van der Waals surface area contributed by atoms with E-state index < -0.39 is 0 Å². The van der Waals surface area contributed by atoms with Gasteiger partial charge in [-0.1, -0.05) is 19.8 Å². The highest BCUT2D eigenvalue weighted by Gasteiger charge is 2.29. The first-order chi connectivity index (χ1) is 7.72. The van der Waals surface area contributed by atoms with Crippen molar-refractivity contribution < 1.29 is 0 Å². The van der Waals surface area contributed by atoms with E-state index in [0.717, 1.165) is 5.92 Å². The van der Waals surface area contributed by atoms with Gasteiger partial charge in [0.15, 0.2) is 0 Å². The monoisotopic (exact) mass is 237 g/mol. The van der Waals surface area contributed by atoms with Crippen molar-refractivity contribution in [2.45, 2.75) is 57.9 Å². The topological polar surface area (TPSA) is 26.0 Å². The Morgan fingerprint density at radius 2 is 2.25 bits per heavy atom. The summed E-state index contributed by atoms with van der Waals surface area (Å²) in [6.45, 7) is 4.52. The molecular weight excluding hydrogens is 214 g/mol. The standard InChI is InChI=1S/C14H23NS/c1-3-4-11-5-6-14(15)13(9-11)12-7-8-16-10(12)2/h7-8,11,13-14H,3-6,9,15H2,1-2H3. The lowest BCUT2D eigenvalue weighted by Crippen LogP contribution is -2.34. The van der Waals surface area contributed by atoms with E-state index in [0.29, 0.717) is 12.0 Å². The summed E-state index contributed by atoms with van der Waals surface area (Å²) in [4.78, 5) is 1.47. The molecule has 0 radical (unpaired) electrons. The summed E-state index contributed by atoms with van der Waals surface area (Å²) >= 11 is 1.86.